The van der Waals surface area contributed by atoms with Gasteiger partial charge in [-0.05, 0) is 71.1 Å². The molecule has 0 spiro atoms. The second kappa shape index (κ2) is 12.6. The number of pyridine rings is 1. The molecule has 186 valence electrons. The van der Waals surface area contributed by atoms with Crippen molar-refractivity contribution in [1.82, 2.24) is 4.98 Å². The number of nitriles is 1. The quantitative estimate of drug-likeness (QED) is 0.160. The maximum Gasteiger partial charge on any atom is 0.225 e. The number of carbonyl (C=O) groups is 1. The minimum Gasteiger partial charge on any atom is -0.497 e. The fourth-order valence-corrected chi connectivity index (χ4v) is 5.03. The van der Waals surface area contributed by atoms with Gasteiger partial charge in [0.05, 0.1) is 25.5 Å². The van der Waals surface area contributed by atoms with E-state index in [-0.39, 0.29) is 12.3 Å². The van der Waals surface area contributed by atoms with Crippen molar-refractivity contribution < 1.29 is 14.3 Å². The second-order valence-electron chi connectivity index (χ2n) is 7.93. The third kappa shape index (κ3) is 6.61. The molecule has 37 heavy (non-hydrogen) atoms. The predicted octanol–water partition coefficient (Wildman–Crippen LogP) is 7.03. The molecule has 0 aliphatic carbocycles. The lowest BCUT2D eigenvalue weighted by Crippen LogP contribution is -2.12. The van der Waals surface area contributed by atoms with Gasteiger partial charge in [0.15, 0.2) is 0 Å². The van der Waals surface area contributed by atoms with Gasteiger partial charge in [0.2, 0.25) is 5.91 Å². The molecule has 0 fully saturated rings. The largest absolute Gasteiger partial charge is 0.497 e. The molecule has 1 heterocycles. The third-order valence-corrected chi connectivity index (χ3v) is 7.26. The Hall–Kier alpha value is -3.55. The summed E-state index contributed by atoms with van der Waals surface area (Å²) in [4.78, 5) is 17.4. The number of anilines is 1. The Morgan fingerprint density at radius 2 is 1.76 bits per heavy atom. The van der Waals surface area contributed by atoms with E-state index in [2.05, 4.69) is 34.0 Å². The van der Waals surface area contributed by atoms with E-state index in [1.165, 1.54) is 11.8 Å². The van der Waals surface area contributed by atoms with Crippen molar-refractivity contribution in [3.63, 3.8) is 0 Å². The maximum atomic E-state index is 12.5. The van der Waals surface area contributed by atoms with E-state index in [1.807, 2.05) is 78.9 Å². The molecular weight excluding hydrogens is 597 g/mol. The number of hydrogen-bond acceptors (Lipinski definition) is 6. The van der Waals surface area contributed by atoms with E-state index in [0.717, 1.165) is 26.1 Å². The Kier molecular flexibility index (Phi) is 9.04. The first kappa shape index (κ1) is 26.5. The van der Waals surface area contributed by atoms with Crippen LogP contribution in [0.15, 0.2) is 83.9 Å². The first-order chi connectivity index (χ1) is 18.0. The third-order valence-electron chi connectivity index (χ3n) is 5.56. The second-order valence-corrected chi connectivity index (χ2v) is 10.3. The van der Waals surface area contributed by atoms with Crippen molar-refractivity contribution in [2.75, 3.05) is 25.3 Å². The summed E-state index contributed by atoms with van der Waals surface area (Å²) in [6, 6.07) is 27.1. The van der Waals surface area contributed by atoms with Crippen LogP contribution in [-0.4, -0.2) is 30.9 Å². The molecule has 0 radical (unpaired) electrons. The molecule has 3 aromatic carbocycles. The topological polar surface area (TPSA) is 84.2 Å². The number of nitrogens with one attached hydrogen (secondary N) is 1. The number of amides is 1. The van der Waals surface area contributed by atoms with Crippen LogP contribution in [0.2, 0.25) is 0 Å². The fraction of sp³-hybridized carbons (Fsp3) is 0.138. The van der Waals surface area contributed by atoms with Crippen molar-refractivity contribution in [3.8, 4) is 40.0 Å². The molecule has 1 aromatic heterocycles. The highest BCUT2D eigenvalue weighted by molar-refractivity contribution is 14.1. The molecule has 1 amide bonds. The molecule has 8 heteroatoms. The number of rotatable bonds is 9. The van der Waals surface area contributed by atoms with Crippen LogP contribution in [0.3, 0.4) is 0 Å². The molecule has 0 saturated carbocycles. The smallest absolute Gasteiger partial charge is 0.225 e. The van der Waals surface area contributed by atoms with Crippen LogP contribution in [0.1, 0.15) is 12.0 Å². The lowest BCUT2D eigenvalue weighted by molar-refractivity contribution is -0.115. The summed E-state index contributed by atoms with van der Waals surface area (Å²) in [5, 5.41) is 13.7. The fourth-order valence-electron chi connectivity index (χ4n) is 3.73. The standard InChI is InChI=1S/C29H24IN3O3S/c1-35-22-12-13-27(36-2)24(16-22)23-17-26(19-6-4-3-5-7-19)33-29(25(23)18-31)37-15-14-28(34)32-21-10-8-20(30)9-11-21/h3-13,16-17H,14-15H2,1-2H3,(H,32,34). The van der Waals surface area contributed by atoms with Crippen LogP contribution >= 0.6 is 34.4 Å². The molecular formula is C29H24IN3O3S. The van der Waals surface area contributed by atoms with E-state index in [4.69, 9.17) is 14.5 Å². The zero-order valence-electron chi connectivity index (χ0n) is 20.3. The normalized spacial score (nSPS) is 10.4. The van der Waals surface area contributed by atoms with Gasteiger partial charge in [0.1, 0.15) is 22.6 Å². The van der Waals surface area contributed by atoms with E-state index >= 15 is 0 Å². The monoisotopic (exact) mass is 621 g/mol. The van der Waals surface area contributed by atoms with E-state index in [9.17, 15) is 10.1 Å². The minimum absolute atomic E-state index is 0.0962. The number of methoxy groups -OCH3 is 2. The van der Waals surface area contributed by atoms with Crippen molar-refractivity contribution >= 4 is 45.9 Å². The number of benzene rings is 3. The molecule has 0 aliphatic rings. The Bertz CT molecular complexity index is 1440. The molecule has 0 atom stereocenters. The molecule has 6 nitrogen and oxygen atoms in total. The molecule has 1 N–H and O–H groups in total. The Morgan fingerprint density at radius 1 is 1.00 bits per heavy atom. The van der Waals surface area contributed by atoms with Crippen LogP contribution in [0.25, 0.3) is 22.4 Å². The summed E-state index contributed by atoms with van der Waals surface area (Å²) >= 11 is 3.61. The average molecular weight is 622 g/mol. The summed E-state index contributed by atoms with van der Waals surface area (Å²) in [7, 11) is 3.19. The van der Waals surface area contributed by atoms with Gasteiger partial charge in [-0.2, -0.15) is 5.26 Å². The zero-order chi connectivity index (χ0) is 26.2. The van der Waals surface area contributed by atoms with Gasteiger partial charge in [-0.25, -0.2) is 4.98 Å². The summed E-state index contributed by atoms with van der Waals surface area (Å²) in [5.74, 6) is 1.64. The molecule has 0 unspecified atom stereocenters. The number of hydrogen-bond donors (Lipinski definition) is 1. The Labute approximate surface area is 234 Å². The number of nitrogens with zero attached hydrogens (tertiary/aromatic N) is 2. The van der Waals surface area contributed by atoms with Crippen LogP contribution < -0.4 is 14.8 Å². The summed E-state index contributed by atoms with van der Waals surface area (Å²) < 4.78 is 12.2. The van der Waals surface area contributed by atoms with E-state index in [1.54, 1.807) is 14.2 Å². The molecule has 0 aliphatic heterocycles. The van der Waals surface area contributed by atoms with E-state index in [0.29, 0.717) is 33.4 Å². The average Bonchev–Trinajstić information content (AvgIpc) is 2.94. The SMILES string of the molecule is COc1ccc(OC)c(-c2cc(-c3ccccc3)nc(SCCC(=O)Nc3ccc(I)cc3)c2C#N)c1. The van der Waals surface area contributed by atoms with Gasteiger partial charge < -0.3 is 14.8 Å². The van der Waals surface area contributed by atoms with Crippen molar-refractivity contribution in [2.45, 2.75) is 11.4 Å². The van der Waals surface area contributed by atoms with Gasteiger partial charge >= 0.3 is 0 Å². The summed E-state index contributed by atoms with van der Waals surface area (Å²) in [6.45, 7) is 0. The first-order valence-electron chi connectivity index (χ1n) is 11.4. The number of ether oxygens (including phenoxy) is 2. The van der Waals surface area contributed by atoms with Crippen molar-refractivity contribution in [2.24, 2.45) is 0 Å². The Balaban J connectivity index is 1.67. The molecule has 4 aromatic rings. The van der Waals surface area contributed by atoms with Crippen molar-refractivity contribution in [3.05, 3.63) is 88.0 Å². The molecule has 4 rings (SSSR count). The molecule has 0 saturated heterocycles. The predicted molar refractivity (Wildman–Crippen MR) is 156 cm³/mol. The molecule has 0 bridgehead atoms. The summed E-state index contributed by atoms with van der Waals surface area (Å²) in [5.41, 5.74) is 4.26. The minimum atomic E-state index is -0.0962. The summed E-state index contributed by atoms with van der Waals surface area (Å²) in [6.07, 6.45) is 0.274. The number of aromatic nitrogens is 1. The maximum absolute atomic E-state index is 12.5. The highest BCUT2D eigenvalue weighted by Gasteiger charge is 2.19. The van der Waals surface area contributed by atoms with Crippen LogP contribution in [0, 0.1) is 14.9 Å². The van der Waals surface area contributed by atoms with Crippen LogP contribution in [0.5, 0.6) is 11.5 Å². The number of halogens is 1. The van der Waals surface area contributed by atoms with Gasteiger partial charge in [0, 0.05) is 38.1 Å². The lowest BCUT2D eigenvalue weighted by Gasteiger charge is -2.15. The number of thioether (sulfide) groups is 1. The zero-order valence-corrected chi connectivity index (χ0v) is 23.3. The van der Waals surface area contributed by atoms with Crippen LogP contribution in [0.4, 0.5) is 5.69 Å². The first-order valence-corrected chi connectivity index (χ1v) is 13.5. The van der Waals surface area contributed by atoms with Gasteiger partial charge in [0.25, 0.3) is 0 Å². The van der Waals surface area contributed by atoms with Crippen molar-refractivity contribution in [1.29, 1.82) is 5.26 Å². The van der Waals surface area contributed by atoms with E-state index < -0.39 is 0 Å². The highest BCUT2D eigenvalue weighted by Crippen LogP contribution is 2.40. The van der Waals surface area contributed by atoms with Gasteiger partial charge in [-0.15, -0.1) is 11.8 Å². The highest BCUT2D eigenvalue weighted by atomic mass is 127. The van der Waals surface area contributed by atoms with Gasteiger partial charge in [-0.1, -0.05) is 30.3 Å². The Morgan fingerprint density at radius 3 is 2.43 bits per heavy atom. The van der Waals surface area contributed by atoms with Crippen LogP contribution in [-0.2, 0) is 4.79 Å². The van der Waals surface area contributed by atoms with Gasteiger partial charge in [-0.3, -0.25) is 4.79 Å². The number of carbonyl (C=O) groups excluding carboxylic acids is 1. The lowest BCUT2D eigenvalue weighted by atomic mass is 9.98.